The van der Waals surface area contributed by atoms with Crippen molar-refractivity contribution in [3.8, 4) is 0 Å². The van der Waals surface area contributed by atoms with Crippen molar-refractivity contribution < 1.29 is 13.2 Å². The number of amides is 1. The molecule has 6 nitrogen and oxygen atoms in total. The number of anilines is 1. The maximum atomic E-state index is 12.3. The zero-order valence-corrected chi connectivity index (χ0v) is 14.7. The molecule has 2 N–H and O–H groups in total. The number of nitrogens with two attached hydrogens (primary N) is 1. The lowest BCUT2D eigenvalue weighted by Gasteiger charge is -2.25. The lowest BCUT2D eigenvalue weighted by Crippen LogP contribution is -2.38. The summed E-state index contributed by atoms with van der Waals surface area (Å²) in [7, 11) is 0.0783. The summed E-state index contributed by atoms with van der Waals surface area (Å²) in [5, 5.41) is 5.09. The molecule has 7 heteroatoms. The lowest BCUT2D eigenvalue weighted by atomic mass is 10.1. The fourth-order valence-corrected chi connectivity index (χ4v) is 3.09. The number of carbonyl (C=O) groups excluding carboxylic acids is 1. The lowest BCUT2D eigenvalue weighted by molar-refractivity contribution is -0.134. The minimum absolute atomic E-state index is 0.0974. The van der Waals surface area contributed by atoms with Gasteiger partial charge in [0.15, 0.2) is 0 Å². The quantitative estimate of drug-likeness (QED) is 0.811. The second-order valence-corrected chi connectivity index (χ2v) is 7.91. The zero-order valence-electron chi connectivity index (χ0n) is 13.9. The summed E-state index contributed by atoms with van der Waals surface area (Å²) in [6.45, 7) is 3.31. The SMILES string of the molecule is CC(C(=O)N(C)CCN(C)c1ccc(S(N)(=O)=O)cc1)C1CC1. The molecule has 1 aromatic carbocycles. The first-order valence-electron chi connectivity index (χ1n) is 7.79. The molecule has 0 aliphatic heterocycles. The average molecular weight is 339 g/mol. The molecule has 1 atom stereocenters. The van der Waals surface area contributed by atoms with Crippen molar-refractivity contribution in [1.29, 1.82) is 0 Å². The van der Waals surface area contributed by atoms with Gasteiger partial charge < -0.3 is 9.80 Å². The van der Waals surface area contributed by atoms with Gasteiger partial charge in [-0.05, 0) is 43.0 Å². The minimum atomic E-state index is -3.67. The molecule has 0 aromatic heterocycles. The number of likely N-dealkylation sites (N-methyl/N-ethyl adjacent to an activating group) is 2. The van der Waals surface area contributed by atoms with E-state index in [0.29, 0.717) is 19.0 Å². The molecule has 1 fully saturated rings. The van der Waals surface area contributed by atoms with Gasteiger partial charge in [-0.2, -0.15) is 0 Å². The number of rotatable bonds is 7. The molecule has 1 aromatic rings. The molecule has 0 bridgehead atoms. The highest BCUT2D eigenvalue weighted by atomic mass is 32.2. The molecule has 0 spiro atoms. The van der Waals surface area contributed by atoms with E-state index in [9.17, 15) is 13.2 Å². The summed E-state index contributed by atoms with van der Waals surface area (Å²) in [6.07, 6.45) is 2.33. The molecule has 1 unspecified atom stereocenters. The van der Waals surface area contributed by atoms with E-state index in [-0.39, 0.29) is 16.7 Å². The third-order valence-corrected chi connectivity index (χ3v) is 5.40. The zero-order chi connectivity index (χ0) is 17.2. The molecular weight excluding hydrogens is 314 g/mol. The Morgan fingerprint density at radius 2 is 1.78 bits per heavy atom. The van der Waals surface area contributed by atoms with E-state index in [1.165, 1.54) is 12.1 Å². The molecule has 1 aliphatic carbocycles. The maximum absolute atomic E-state index is 12.3. The van der Waals surface area contributed by atoms with E-state index in [1.807, 2.05) is 25.9 Å². The molecule has 0 saturated heterocycles. The van der Waals surface area contributed by atoms with Crippen LogP contribution in [0, 0.1) is 11.8 Å². The van der Waals surface area contributed by atoms with Crippen LogP contribution in [-0.4, -0.2) is 46.4 Å². The first-order chi connectivity index (χ1) is 10.7. The Morgan fingerprint density at radius 3 is 2.26 bits per heavy atom. The summed E-state index contributed by atoms with van der Waals surface area (Å²) in [5.41, 5.74) is 0.883. The van der Waals surface area contributed by atoms with Crippen LogP contribution in [0.2, 0.25) is 0 Å². The molecule has 0 radical (unpaired) electrons. The standard InChI is InChI=1S/C16H25N3O3S/c1-12(13-4-5-13)16(20)19(3)11-10-18(2)14-6-8-15(9-7-14)23(17,21)22/h6-9,12-13H,4-5,10-11H2,1-3H3,(H2,17,21,22). The Balaban J connectivity index is 1.88. The van der Waals surface area contributed by atoms with Gasteiger partial charge in [0.05, 0.1) is 4.90 Å². The molecule has 2 rings (SSSR count). The van der Waals surface area contributed by atoms with Crippen LogP contribution in [0.25, 0.3) is 0 Å². The fraction of sp³-hybridized carbons (Fsp3) is 0.562. The van der Waals surface area contributed by atoms with Crippen LogP contribution in [0.4, 0.5) is 5.69 Å². The normalized spacial score (nSPS) is 16.0. The molecule has 1 aliphatic rings. The summed E-state index contributed by atoms with van der Waals surface area (Å²) >= 11 is 0. The van der Waals surface area contributed by atoms with Crippen LogP contribution in [0.15, 0.2) is 29.2 Å². The second-order valence-electron chi connectivity index (χ2n) is 6.35. The van der Waals surface area contributed by atoms with Crippen LogP contribution in [-0.2, 0) is 14.8 Å². The summed E-state index contributed by atoms with van der Waals surface area (Å²) in [6, 6.07) is 6.42. The van der Waals surface area contributed by atoms with Crippen molar-refractivity contribution in [2.75, 3.05) is 32.1 Å². The summed E-state index contributed by atoms with van der Waals surface area (Å²) < 4.78 is 22.5. The van der Waals surface area contributed by atoms with Crippen LogP contribution >= 0.6 is 0 Å². The van der Waals surface area contributed by atoms with Gasteiger partial charge in [-0.3, -0.25) is 4.79 Å². The Kier molecular flexibility index (Phi) is 5.31. The Hall–Kier alpha value is -1.60. The first kappa shape index (κ1) is 17.7. The number of hydrogen-bond donors (Lipinski definition) is 1. The monoisotopic (exact) mass is 339 g/mol. The molecule has 1 amide bonds. The second kappa shape index (κ2) is 6.88. The van der Waals surface area contributed by atoms with Crippen molar-refractivity contribution in [3.05, 3.63) is 24.3 Å². The van der Waals surface area contributed by atoms with Crippen molar-refractivity contribution in [2.24, 2.45) is 17.0 Å². The van der Waals surface area contributed by atoms with E-state index in [4.69, 9.17) is 5.14 Å². The van der Waals surface area contributed by atoms with Gasteiger partial charge in [-0.25, -0.2) is 13.6 Å². The van der Waals surface area contributed by atoms with E-state index in [0.717, 1.165) is 18.5 Å². The number of sulfonamides is 1. The molecule has 0 heterocycles. The maximum Gasteiger partial charge on any atom is 0.238 e. The molecular formula is C16H25N3O3S. The van der Waals surface area contributed by atoms with Crippen LogP contribution in [0.1, 0.15) is 19.8 Å². The molecule has 128 valence electrons. The van der Waals surface area contributed by atoms with Gasteiger partial charge in [-0.1, -0.05) is 6.92 Å². The predicted octanol–water partition coefficient (Wildman–Crippen LogP) is 1.27. The first-order valence-corrected chi connectivity index (χ1v) is 9.33. The van der Waals surface area contributed by atoms with E-state index >= 15 is 0 Å². The van der Waals surface area contributed by atoms with Gasteiger partial charge >= 0.3 is 0 Å². The molecule has 23 heavy (non-hydrogen) atoms. The largest absolute Gasteiger partial charge is 0.373 e. The average Bonchev–Trinajstić information content (AvgIpc) is 3.34. The molecule has 1 saturated carbocycles. The van der Waals surface area contributed by atoms with Crippen molar-refractivity contribution in [2.45, 2.75) is 24.7 Å². The Morgan fingerprint density at radius 1 is 1.22 bits per heavy atom. The van der Waals surface area contributed by atoms with Crippen LogP contribution < -0.4 is 10.0 Å². The van der Waals surface area contributed by atoms with Crippen molar-refractivity contribution >= 4 is 21.6 Å². The van der Waals surface area contributed by atoms with Gasteiger partial charge in [0.2, 0.25) is 15.9 Å². The Labute approximate surface area is 138 Å². The highest BCUT2D eigenvalue weighted by Crippen LogP contribution is 2.37. The third kappa shape index (κ3) is 4.68. The number of primary sulfonamides is 1. The van der Waals surface area contributed by atoms with Crippen LogP contribution in [0.3, 0.4) is 0 Å². The summed E-state index contributed by atoms with van der Waals surface area (Å²) in [5.74, 6) is 0.873. The van der Waals surface area contributed by atoms with E-state index in [2.05, 4.69) is 0 Å². The van der Waals surface area contributed by atoms with Gasteiger partial charge in [0.25, 0.3) is 0 Å². The minimum Gasteiger partial charge on any atom is -0.373 e. The highest BCUT2D eigenvalue weighted by molar-refractivity contribution is 7.89. The third-order valence-electron chi connectivity index (χ3n) is 4.47. The smallest absolute Gasteiger partial charge is 0.238 e. The number of benzene rings is 1. The van der Waals surface area contributed by atoms with Crippen molar-refractivity contribution in [3.63, 3.8) is 0 Å². The van der Waals surface area contributed by atoms with Gasteiger partial charge in [0.1, 0.15) is 0 Å². The number of carbonyl (C=O) groups is 1. The predicted molar refractivity (Wildman–Crippen MR) is 90.6 cm³/mol. The highest BCUT2D eigenvalue weighted by Gasteiger charge is 2.33. The Bertz CT molecular complexity index is 654. The number of nitrogens with zero attached hydrogens (tertiary/aromatic N) is 2. The van der Waals surface area contributed by atoms with Gasteiger partial charge in [-0.15, -0.1) is 0 Å². The van der Waals surface area contributed by atoms with Gasteiger partial charge in [0, 0.05) is 38.8 Å². The summed E-state index contributed by atoms with van der Waals surface area (Å²) in [4.78, 5) is 16.1. The number of hydrogen-bond acceptors (Lipinski definition) is 4. The van der Waals surface area contributed by atoms with Crippen molar-refractivity contribution in [1.82, 2.24) is 4.90 Å². The van der Waals surface area contributed by atoms with E-state index < -0.39 is 10.0 Å². The topological polar surface area (TPSA) is 83.7 Å². The van der Waals surface area contributed by atoms with E-state index in [1.54, 1.807) is 17.0 Å². The van der Waals surface area contributed by atoms with Crippen LogP contribution in [0.5, 0.6) is 0 Å². The fourth-order valence-electron chi connectivity index (χ4n) is 2.58.